The molecule has 5 heteroatoms. The van der Waals surface area contributed by atoms with E-state index in [1.807, 2.05) is 31.2 Å². The van der Waals surface area contributed by atoms with Crippen molar-refractivity contribution < 1.29 is 9.53 Å². The van der Waals surface area contributed by atoms with Gasteiger partial charge in [0.2, 0.25) is 0 Å². The van der Waals surface area contributed by atoms with E-state index in [9.17, 15) is 4.79 Å². The lowest BCUT2D eigenvalue weighted by Gasteiger charge is -2.13. The maximum absolute atomic E-state index is 11.2. The Kier molecular flexibility index (Phi) is 4.98. The zero-order valence-electron chi connectivity index (χ0n) is 9.64. The molecule has 0 fully saturated rings. The van der Waals surface area contributed by atoms with E-state index < -0.39 is 0 Å². The zero-order chi connectivity index (χ0) is 12.7. The van der Waals surface area contributed by atoms with Crippen LogP contribution in [0.3, 0.4) is 0 Å². The molecule has 0 spiro atoms. The third-order valence-corrected chi connectivity index (χ3v) is 2.13. The second kappa shape index (κ2) is 6.51. The van der Waals surface area contributed by atoms with Gasteiger partial charge < -0.3 is 15.8 Å². The number of nitrogens with zero attached hydrogens (tertiary/aromatic N) is 1. The summed E-state index contributed by atoms with van der Waals surface area (Å²) in [5.41, 5.74) is 6.63. The summed E-state index contributed by atoms with van der Waals surface area (Å²) in [4.78, 5) is 11.2. The van der Waals surface area contributed by atoms with Crippen LogP contribution >= 0.6 is 0 Å². The number of nitrogens with two attached hydrogens (primary N) is 1. The lowest BCUT2D eigenvalue weighted by molar-refractivity contribution is -0.122. The number of carbonyl (C=O) groups excluding carboxylic acids is 1. The summed E-state index contributed by atoms with van der Waals surface area (Å²) in [7, 11) is 0. The summed E-state index contributed by atoms with van der Waals surface area (Å²) < 4.78 is 5.36. The summed E-state index contributed by atoms with van der Waals surface area (Å²) in [6.45, 7) is 1.71. The molecule has 0 saturated heterocycles. The smallest absolute Gasteiger partial charge is 0.258 e. The van der Waals surface area contributed by atoms with Crippen LogP contribution in [0.5, 0.6) is 5.75 Å². The van der Waals surface area contributed by atoms with Gasteiger partial charge in [0.1, 0.15) is 12.3 Å². The van der Waals surface area contributed by atoms with Gasteiger partial charge in [-0.15, -0.1) is 0 Å². The molecule has 0 aliphatic rings. The largest absolute Gasteiger partial charge is 0.483 e. The Hall–Kier alpha value is -2.06. The van der Waals surface area contributed by atoms with E-state index in [0.29, 0.717) is 5.75 Å². The number of carbonyl (C=O) groups is 1. The minimum absolute atomic E-state index is 0.0167. The van der Waals surface area contributed by atoms with Crippen molar-refractivity contribution in [1.82, 2.24) is 5.32 Å². The summed E-state index contributed by atoms with van der Waals surface area (Å²) >= 11 is 0. The molecule has 1 unspecified atom stereocenters. The fourth-order valence-corrected chi connectivity index (χ4v) is 1.32. The molecule has 0 aliphatic carbocycles. The molecule has 0 saturated carbocycles. The lowest BCUT2D eigenvalue weighted by atomic mass is 10.1. The van der Waals surface area contributed by atoms with Gasteiger partial charge in [-0.1, -0.05) is 18.2 Å². The number of ether oxygens (including phenoxy) is 1. The topological polar surface area (TPSA) is 88.1 Å². The average Bonchev–Trinajstić information content (AvgIpc) is 2.34. The van der Waals surface area contributed by atoms with Crippen molar-refractivity contribution in [3.63, 3.8) is 0 Å². The van der Waals surface area contributed by atoms with Gasteiger partial charge in [-0.25, -0.2) is 0 Å². The molecule has 1 aromatic carbocycles. The van der Waals surface area contributed by atoms with E-state index in [1.54, 1.807) is 6.07 Å². The molecule has 0 aromatic heterocycles. The molecule has 3 N–H and O–H groups in total. The van der Waals surface area contributed by atoms with Crippen molar-refractivity contribution in [2.45, 2.75) is 13.0 Å². The molecule has 1 amide bonds. The summed E-state index contributed by atoms with van der Waals surface area (Å²) in [6.07, 6.45) is 0. The third kappa shape index (κ3) is 4.13. The molecule has 1 atom stereocenters. The van der Waals surface area contributed by atoms with Gasteiger partial charge in [-0.3, -0.25) is 4.79 Å². The number of hydrogen-bond acceptors (Lipinski definition) is 4. The van der Waals surface area contributed by atoms with Crippen molar-refractivity contribution in [2.75, 3.05) is 13.2 Å². The maximum Gasteiger partial charge on any atom is 0.258 e. The Bertz CT molecular complexity index is 424. The maximum atomic E-state index is 11.2. The van der Waals surface area contributed by atoms with E-state index in [1.165, 1.54) is 0 Å². The fraction of sp³-hybridized carbons (Fsp3) is 0.333. The number of rotatable bonds is 5. The second-order valence-corrected chi connectivity index (χ2v) is 3.55. The van der Waals surface area contributed by atoms with Gasteiger partial charge in [0, 0.05) is 11.6 Å². The van der Waals surface area contributed by atoms with Crippen molar-refractivity contribution in [3.8, 4) is 11.8 Å². The Morgan fingerprint density at radius 2 is 2.29 bits per heavy atom. The van der Waals surface area contributed by atoms with Crippen LogP contribution in [0.4, 0.5) is 0 Å². The normalized spacial score (nSPS) is 11.4. The van der Waals surface area contributed by atoms with E-state index in [-0.39, 0.29) is 25.1 Å². The lowest BCUT2D eigenvalue weighted by Crippen LogP contribution is -2.29. The molecule has 90 valence electrons. The molecule has 0 radical (unpaired) electrons. The SMILES string of the molecule is CC(N)c1ccccc1OCC(=O)NCC#N. The highest BCUT2D eigenvalue weighted by molar-refractivity contribution is 5.77. The van der Waals surface area contributed by atoms with Crippen LogP contribution in [-0.4, -0.2) is 19.1 Å². The molecule has 0 bridgehead atoms. The Balaban J connectivity index is 2.57. The van der Waals surface area contributed by atoms with E-state index in [0.717, 1.165) is 5.56 Å². The van der Waals surface area contributed by atoms with Crippen LogP contribution < -0.4 is 15.8 Å². The highest BCUT2D eigenvalue weighted by atomic mass is 16.5. The summed E-state index contributed by atoms with van der Waals surface area (Å²) in [6, 6.07) is 8.95. The number of amides is 1. The van der Waals surface area contributed by atoms with Crippen molar-refractivity contribution in [3.05, 3.63) is 29.8 Å². The minimum Gasteiger partial charge on any atom is -0.483 e. The van der Waals surface area contributed by atoms with Crippen molar-refractivity contribution in [1.29, 1.82) is 5.26 Å². The number of benzene rings is 1. The van der Waals surface area contributed by atoms with Gasteiger partial charge in [0.05, 0.1) is 6.07 Å². The number of nitrogens with one attached hydrogen (secondary N) is 1. The van der Waals surface area contributed by atoms with Gasteiger partial charge >= 0.3 is 0 Å². The van der Waals surface area contributed by atoms with Crippen molar-refractivity contribution in [2.24, 2.45) is 5.73 Å². The zero-order valence-corrected chi connectivity index (χ0v) is 9.64. The fourth-order valence-electron chi connectivity index (χ4n) is 1.32. The highest BCUT2D eigenvalue weighted by Crippen LogP contribution is 2.22. The molecule has 1 rings (SSSR count). The van der Waals surface area contributed by atoms with Gasteiger partial charge in [-0.2, -0.15) is 5.26 Å². The first-order chi connectivity index (χ1) is 8.15. The van der Waals surface area contributed by atoms with Gasteiger partial charge in [0.25, 0.3) is 5.91 Å². The molecular weight excluding hydrogens is 218 g/mol. The Labute approximate surface area is 100 Å². The van der Waals surface area contributed by atoms with Crippen LogP contribution in [-0.2, 0) is 4.79 Å². The van der Waals surface area contributed by atoms with Crippen molar-refractivity contribution >= 4 is 5.91 Å². The average molecular weight is 233 g/mol. The Morgan fingerprint density at radius 1 is 1.59 bits per heavy atom. The number of para-hydroxylation sites is 1. The Morgan fingerprint density at radius 3 is 2.94 bits per heavy atom. The molecule has 5 nitrogen and oxygen atoms in total. The first kappa shape index (κ1) is 13.0. The standard InChI is InChI=1S/C12H15N3O2/c1-9(14)10-4-2-3-5-11(10)17-8-12(16)15-7-6-13/h2-5,9H,7-8,14H2,1H3,(H,15,16). The number of hydrogen-bond donors (Lipinski definition) is 2. The summed E-state index contributed by atoms with van der Waals surface area (Å²) in [5, 5.41) is 10.7. The van der Waals surface area contributed by atoms with Crippen LogP contribution in [0.15, 0.2) is 24.3 Å². The van der Waals surface area contributed by atoms with E-state index in [2.05, 4.69) is 5.32 Å². The van der Waals surface area contributed by atoms with Gasteiger partial charge in [-0.05, 0) is 13.0 Å². The molecule has 17 heavy (non-hydrogen) atoms. The predicted octanol–water partition coefficient (Wildman–Crippen LogP) is 0.725. The third-order valence-electron chi connectivity index (χ3n) is 2.13. The molecule has 0 heterocycles. The first-order valence-corrected chi connectivity index (χ1v) is 5.26. The highest BCUT2D eigenvalue weighted by Gasteiger charge is 2.08. The monoisotopic (exact) mass is 233 g/mol. The van der Waals surface area contributed by atoms with Crippen LogP contribution in [0.25, 0.3) is 0 Å². The van der Waals surface area contributed by atoms with Gasteiger partial charge in [0.15, 0.2) is 6.61 Å². The summed E-state index contributed by atoms with van der Waals surface area (Å²) in [5.74, 6) is 0.264. The molecular formula is C12H15N3O2. The van der Waals surface area contributed by atoms with Crippen LogP contribution in [0.1, 0.15) is 18.5 Å². The quantitative estimate of drug-likeness (QED) is 0.734. The van der Waals surface area contributed by atoms with E-state index >= 15 is 0 Å². The minimum atomic E-state index is -0.328. The van der Waals surface area contributed by atoms with Crippen LogP contribution in [0, 0.1) is 11.3 Å². The number of nitriles is 1. The first-order valence-electron chi connectivity index (χ1n) is 5.26. The predicted molar refractivity (Wildman–Crippen MR) is 63.2 cm³/mol. The van der Waals surface area contributed by atoms with E-state index in [4.69, 9.17) is 15.7 Å². The molecule has 1 aromatic rings. The van der Waals surface area contributed by atoms with Crippen LogP contribution in [0.2, 0.25) is 0 Å². The second-order valence-electron chi connectivity index (χ2n) is 3.55. The molecule has 0 aliphatic heterocycles.